The van der Waals surface area contributed by atoms with Crippen molar-refractivity contribution in [2.45, 2.75) is 19.9 Å². The Morgan fingerprint density at radius 3 is 2.44 bits per heavy atom. The first-order valence-corrected chi connectivity index (χ1v) is 7.37. The van der Waals surface area contributed by atoms with Crippen LogP contribution in [0.5, 0.6) is 0 Å². The molecule has 0 saturated carbocycles. The summed E-state index contributed by atoms with van der Waals surface area (Å²) in [7, 11) is 0. The molecule has 98 valence electrons. The summed E-state index contributed by atoms with van der Waals surface area (Å²) in [5, 5.41) is 2.84. The van der Waals surface area contributed by atoms with Crippen molar-refractivity contribution in [3.05, 3.63) is 32.7 Å². The lowest BCUT2D eigenvalue weighted by Crippen LogP contribution is -2.46. The van der Waals surface area contributed by atoms with Crippen LogP contribution in [0.4, 0.5) is 0 Å². The summed E-state index contributed by atoms with van der Waals surface area (Å²) in [6.07, 6.45) is 0. The minimum atomic E-state index is -0.303. The fourth-order valence-electron chi connectivity index (χ4n) is 1.46. The topological polar surface area (TPSA) is 55.1 Å². The molecular formula is C12H14Br2N2OS. The molecule has 0 fully saturated rings. The zero-order valence-electron chi connectivity index (χ0n) is 10.0. The molecule has 1 rings (SSSR count). The second kappa shape index (κ2) is 6.63. The average Bonchev–Trinajstić information content (AvgIpc) is 2.24. The summed E-state index contributed by atoms with van der Waals surface area (Å²) in [5.41, 5.74) is 6.18. The summed E-state index contributed by atoms with van der Waals surface area (Å²) < 4.78 is 1.63. The molecule has 1 atom stereocenters. The molecule has 18 heavy (non-hydrogen) atoms. The average molecular weight is 394 g/mol. The van der Waals surface area contributed by atoms with Gasteiger partial charge in [-0.1, -0.05) is 42.0 Å². The van der Waals surface area contributed by atoms with E-state index in [9.17, 15) is 4.79 Å². The number of benzene rings is 1. The summed E-state index contributed by atoms with van der Waals surface area (Å²) in [5.74, 6) is -0.0402. The Morgan fingerprint density at radius 1 is 1.39 bits per heavy atom. The Bertz CT molecular complexity index is 477. The molecular weight excluding hydrogens is 380 g/mol. The Labute approximate surface area is 129 Å². The van der Waals surface area contributed by atoms with Crippen molar-refractivity contribution < 1.29 is 4.79 Å². The highest BCUT2D eigenvalue weighted by Crippen LogP contribution is 2.22. The number of carbonyl (C=O) groups excluding carboxylic acids is 1. The first kappa shape index (κ1) is 15.6. The van der Waals surface area contributed by atoms with E-state index in [1.54, 1.807) is 6.07 Å². The van der Waals surface area contributed by atoms with E-state index < -0.39 is 0 Å². The van der Waals surface area contributed by atoms with Crippen molar-refractivity contribution in [2.24, 2.45) is 11.7 Å². The van der Waals surface area contributed by atoms with Gasteiger partial charge in [-0.15, -0.1) is 0 Å². The number of hydrogen-bond acceptors (Lipinski definition) is 2. The molecule has 0 aliphatic rings. The van der Waals surface area contributed by atoms with Gasteiger partial charge in [0.1, 0.15) is 0 Å². The van der Waals surface area contributed by atoms with Crippen LogP contribution in [0.25, 0.3) is 0 Å². The van der Waals surface area contributed by atoms with Gasteiger partial charge in [0.2, 0.25) is 0 Å². The standard InChI is InChI=1S/C12H14Br2N2OS/c1-6(2)10(11(15)18)16-12(17)8-4-3-7(13)5-9(8)14/h3-6,10H,1-2H3,(H2,15,18)(H,16,17). The van der Waals surface area contributed by atoms with Crippen LogP contribution in [0.3, 0.4) is 0 Å². The van der Waals surface area contributed by atoms with Crippen molar-refractivity contribution in [3.8, 4) is 0 Å². The lowest BCUT2D eigenvalue weighted by Gasteiger charge is -2.21. The maximum atomic E-state index is 12.1. The van der Waals surface area contributed by atoms with E-state index in [0.29, 0.717) is 10.6 Å². The van der Waals surface area contributed by atoms with Crippen molar-refractivity contribution in [1.29, 1.82) is 0 Å². The molecule has 0 aliphatic carbocycles. The van der Waals surface area contributed by atoms with E-state index in [0.717, 1.165) is 8.95 Å². The monoisotopic (exact) mass is 392 g/mol. The van der Waals surface area contributed by atoms with Crippen LogP contribution >= 0.6 is 44.1 Å². The fraction of sp³-hybridized carbons (Fsp3) is 0.333. The summed E-state index contributed by atoms with van der Waals surface area (Å²) in [4.78, 5) is 12.4. The Morgan fingerprint density at radius 2 is 2.00 bits per heavy atom. The van der Waals surface area contributed by atoms with Crippen LogP contribution in [0.15, 0.2) is 27.1 Å². The molecule has 0 bridgehead atoms. The predicted molar refractivity (Wildman–Crippen MR) is 84.7 cm³/mol. The van der Waals surface area contributed by atoms with Gasteiger partial charge in [-0.05, 0) is 40.0 Å². The minimum absolute atomic E-state index is 0.153. The molecule has 6 heteroatoms. The smallest absolute Gasteiger partial charge is 0.252 e. The van der Waals surface area contributed by atoms with Crippen molar-refractivity contribution in [2.75, 3.05) is 0 Å². The van der Waals surface area contributed by atoms with E-state index in [4.69, 9.17) is 18.0 Å². The molecule has 0 heterocycles. The van der Waals surface area contributed by atoms with Gasteiger partial charge in [-0.3, -0.25) is 4.79 Å². The Balaban J connectivity index is 2.91. The van der Waals surface area contributed by atoms with Gasteiger partial charge in [0.25, 0.3) is 5.91 Å². The van der Waals surface area contributed by atoms with Crippen LogP contribution in [-0.4, -0.2) is 16.9 Å². The van der Waals surface area contributed by atoms with Crippen LogP contribution in [0.2, 0.25) is 0 Å². The van der Waals surface area contributed by atoms with Crippen LogP contribution in [-0.2, 0) is 0 Å². The number of halogens is 2. The maximum absolute atomic E-state index is 12.1. The molecule has 0 saturated heterocycles. The van der Waals surface area contributed by atoms with E-state index in [1.165, 1.54) is 0 Å². The second-order valence-corrected chi connectivity index (χ2v) is 6.46. The normalized spacial score (nSPS) is 12.3. The second-order valence-electron chi connectivity index (χ2n) is 4.22. The molecule has 1 unspecified atom stereocenters. The highest BCUT2D eigenvalue weighted by Gasteiger charge is 2.20. The molecule has 0 spiro atoms. The minimum Gasteiger partial charge on any atom is -0.392 e. The number of carbonyl (C=O) groups is 1. The van der Waals surface area contributed by atoms with Gasteiger partial charge in [0.15, 0.2) is 0 Å². The van der Waals surface area contributed by atoms with Crippen LogP contribution in [0.1, 0.15) is 24.2 Å². The molecule has 0 aromatic heterocycles. The van der Waals surface area contributed by atoms with Gasteiger partial charge < -0.3 is 11.1 Å². The van der Waals surface area contributed by atoms with Gasteiger partial charge in [0, 0.05) is 8.95 Å². The highest BCUT2D eigenvalue weighted by atomic mass is 79.9. The largest absolute Gasteiger partial charge is 0.392 e. The first-order valence-electron chi connectivity index (χ1n) is 5.38. The maximum Gasteiger partial charge on any atom is 0.252 e. The SMILES string of the molecule is CC(C)C(NC(=O)c1ccc(Br)cc1Br)C(N)=S. The summed E-state index contributed by atoms with van der Waals surface area (Å²) in [6.45, 7) is 3.92. The highest BCUT2D eigenvalue weighted by molar-refractivity contribution is 9.11. The molecule has 0 radical (unpaired) electrons. The van der Waals surface area contributed by atoms with E-state index in [1.807, 2.05) is 26.0 Å². The quantitative estimate of drug-likeness (QED) is 0.772. The lowest BCUT2D eigenvalue weighted by molar-refractivity contribution is 0.0939. The Kier molecular flexibility index (Phi) is 5.75. The summed E-state index contributed by atoms with van der Waals surface area (Å²) in [6, 6.07) is 5.06. The number of nitrogens with one attached hydrogen (secondary N) is 1. The van der Waals surface area contributed by atoms with Crippen molar-refractivity contribution in [1.82, 2.24) is 5.32 Å². The van der Waals surface area contributed by atoms with E-state index in [-0.39, 0.29) is 17.9 Å². The molecule has 3 N–H and O–H groups in total. The predicted octanol–water partition coefficient (Wildman–Crippen LogP) is 3.25. The molecule has 1 amide bonds. The van der Waals surface area contributed by atoms with E-state index in [2.05, 4.69) is 37.2 Å². The van der Waals surface area contributed by atoms with Gasteiger partial charge >= 0.3 is 0 Å². The summed E-state index contributed by atoms with van der Waals surface area (Å²) >= 11 is 11.7. The van der Waals surface area contributed by atoms with Gasteiger partial charge in [-0.25, -0.2) is 0 Å². The third kappa shape index (κ3) is 4.03. The molecule has 0 aliphatic heterocycles. The number of nitrogens with two attached hydrogens (primary N) is 1. The third-order valence-electron chi connectivity index (χ3n) is 2.44. The van der Waals surface area contributed by atoms with Crippen molar-refractivity contribution in [3.63, 3.8) is 0 Å². The number of thiocarbonyl (C=S) groups is 1. The number of rotatable bonds is 4. The zero-order chi connectivity index (χ0) is 13.9. The lowest BCUT2D eigenvalue weighted by atomic mass is 10.0. The fourth-order valence-corrected chi connectivity index (χ4v) is 3.02. The van der Waals surface area contributed by atoms with Gasteiger partial charge in [-0.2, -0.15) is 0 Å². The number of hydrogen-bond donors (Lipinski definition) is 2. The van der Waals surface area contributed by atoms with E-state index >= 15 is 0 Å². The van der Waals surface area contributed by atoms with Crippen molar-refractivity contribution >= 4 is 55.0 Å². The van der Waals surface area contributed by atoms with Gasteiger partial charge in [0.05, 0.1) is 16.6 Å². The molecule has 1 aromatic carbocycles. The number of amides is 1. The van der Waals surface area contributed by atoms with Crippen LogP contribution < -0.4 is 11.1 Å². The molecule has 3 nitrogen and oxygen atoms in total. The first-order chi connectivity index (χ1) is 8.32. The molecule has 1 aromatic rings. The van der Waals surface area contributed by atoms with Crippen LogP contribution in [0, 0.1) is 5.92 Å². The third-order valence-corrected chi connectivity index (χ3v) is 3.84. The Hall–Kier alpha value is -0.460. The zero-order valence-corrected chi connectivity index (χ0v) is 14.0.